The van der Waals surface area contributed by atoms with Gasteiger partial charge in [-0.05, 0) is 43.5 Å². The molecule has 0 spiro atoms. The van der Waals surface area contributed by atoms with E-state index in [-0.39, 0.29) is 0 Å². The summed E-state index contributed by atoms with van der Waals surface area (Å²) in [4.78, 5) is 0. The van der Waals surface area contributed by atoms with Crippen LogP contribution in [0.25, 0.3) is 10.9 Å². The minimum Gasteiger partial charge on any atom is -0.347 e. The van der Waals surface area contributed by atoms with Crippen molar-refractivity contribution < 1.29 is 0 Å². The number of rotatable bonds is 6. The smallest absolute Gasteiger partial charge is 0.0494 e. The number of aryl methyl sites for hydroxylation is 2. The summed E-state index contributed by atoms with van der Waals surface area (Å²) in [6.45, 7) is 4.10. The first-order valence-corrected chi connectivity index (χ1v) is 7.53. The van der Waals surface area contributed by atoms with Gasteiger partial charge in [0.1, 0.15) is 0 Å². The molecule has 98 valence electrons. The Bertz CT molecular complexity index is 516. The zero-order valence-electron chi connectivity index (χ0n) is 11.0. The number of nitrogens with two attached hydrogens (primary N) is 1. The van der Waals surface area contributed by atoms with E-state index in [9.17, 15) is 0 Å². The van der Waals surface area contributed by atoms with Gasteiger partial charge in [0.25, 0.3) is 0 Å². The number of hydrogen-bond donors (Lipinski definition) is 1. The van der Waals surface area contributed by atoms with Gasteiger partial charge in [-0.25, -0.2) is 0 Å². The van der Waals surface area contributed by atoms with Crippen molar-refractivity contribution in [2.75, 3.05) is 6.54 Å². The van der Waals surface area contributed by atoms with Crippen molar-refractivity contribution in [2.45, 2.75) is 39.2 Å². The van der Waals surface area contributed by atoms with Gasteiger partial charge in [-0.2, -0.15) is 0 Å². The highest BCUT2D eigenvalue weighted by atomic mass is 79.9. The van der Waals surface area contributed by atoms with Gasteiger partial charge in [0.2, 0.25) is 0 Å². The van der Waals surface area contributed by atoms with Crippen molar-refractivity contribution in [3.63, 3.8) is 0 Å². The maximum Gasteiger partial charge on any atom is 0.0494 e. The molecule has 1 aromatic carbocycles. The highest BCUT2D eigenvalue weighted by Crippen LogP contribution is 2.26. The zero-order chi connectivity index (χ0) is 13.0. The molecule has 2 nitrogen and oxygen atoms in total. The molecule has 1 aromatic heterocycles. The molecule has 0 bridgehead atoms. The summed E-state index contributed by atoms with van der Waals surface area (Å²) >= 11 is 3.56. The van der Waals surface area contributed by atoms with Gasteiger partial charge in [0, 0.05) is 28.1 Å². The van der Waals surface area contributed by atoms with E-state index in [1.54, 1.807) is 0 Å². The van der Waals surface area contributed by atoms with Crippen molar-refractivity contribution in [1.82, 2.24) is 4.57 Å². The van der Waals surface area contributed by atoms with E-state index in [2.05, 4.69) is 51.8 Å². The summed E-state index contributed by atoms with van der Waals surface area (Å²) < 4.78 is 3.53. The number of nitrogens with zero attached hydrogens (tertiary/aromatic N) is 1. The topological polar surface area (TPSA) is 30.9 Å². The molecular formula is C15H21BrN2. The molecule has 0 saturated heterocycles. The molecule has 0 unspecified atom stereocenters. The van der Waals surface area contributed by atoms with Crippen LogP contribution in [-0.4, -0.2) is 11.1 Å². The van der Waals surface area contributed by atoms with Crippen LogP contribution in [0.3, 0.4) is 0 Å². The van der Waals surface area contributed by atoms with E-state index in [0.717, 1.165) is 30.4 Å². The summed E-state index contributed by atoms with van der Waals surface area (Å²) in [5.74, 6) is 0. The summed E-state index contributed by atoms with van der Waals surface area (Å²) in [7, 11) is 0. The molecule has 2 aromatic rings. The fourth-order valence-corrected chi connectivity index (χ4v) is 2.70. The Kier molecular flexibility index (Phi) is 4.84. The Balaban J connectivity index is 2.39. The first-order chi connectivity index (χ1) is 8.76. The van der Waals surface area contributed by atoms with Gasteiger partial charge in [-0.1, -0.05) is 35.3 Å². The minimum atomic E-state index is 0.762. The molecule has 0 saturated carbocycles. The van der Waals surface area contributed by atoms with E-state index < -0.39 is 0 Å². The zero-order valence-corrected chi connectivity index (χ0v) is 12.5. The number of unbranched alkanes of at least 4 members (excludes halogenated alkanes) is 1. The van der Waals surface area contributed by atoms with Gasteiger partial charge < -0.3 is 10.3 Å². The molecular weight excluding hydrogens is 288 g/mol. The average Bonchev–Trinajstić information content (AvgIpc) is 2.71. The fourth-order valence-electron chi connectivity index (χ4n) is 2.35. The Hall–Kier alpha value is -0.800. The second-order valence-electron chi connectivity index (χ2n) is 4.75. The number of aromatic nitrogens is 1. The summed E-state index contributed by atoms with van der Waals surface area (Å²) in [5.41, 5.74) is 8.38. The lowest BCUT2D eigenvalue weighted by atomic mass is 10.1. The standard InChI is InChI=1S/C15H21BrN2/c1-2-3-9-18-11-12(5-4-8-17)14-7-6-13(16)10-15(14)18/h6-7,10-11H,2-5,8-9,17H2,1H3. The third kappa shape index (κ3) is 2.96. The van der Waals surface area contributed by atoms with E-state index >= 15 is 0 Å². The van der Waals surface area contributed by atoms with Crippen molar-refractivity contribution >= 4 is 26.8 Å². The lowest BCUT2D eigenvalue weighted by Gasteiger charge is -2.03. The van der Waals surface area contributed by atoms with Gasteiger partial charge in [-0.15, -0.1) is 0 Å². The molecule has 0 amide bonds. The molecule has 0 radical (unpaired) electrons. The maximum absolute atomic E-state index is 5.62. The van der Waals surface area contributed by atoms with Crippen molar-refractivity contribution in [3.8, 4) is 0 Å². The highest BCUT2D eigenvalue weighted by molar-refractivity contribution is 9.10. The summed E-state index contributed by atoms with van der Waals surface area (Å²) in [6, 6.07) is 6.56. The Morgan fingerprint density at radius 2 is 2.11 bits per heavy atom. The van der Waals surface area contributed by atoms with E-state index in [1.807, 2.05) is 0 Å². The molecule has 0 fully saturated rings. The molecule has 2 N–H and O–H groups in total. The number of halogens is 1. The molecule has 0 atom stereocenters. The monoisotopic (exact) mass is 308 g/mol. The quantitative estimate of drug-likeness (QED) is 0.856. The van der Waals surface area contributed by atoms with Crippen molar-refractivity contribution in [2.24, 2.45) is 5.73 Å². The normalized spacial score (nSPS) is 11.3. The molecule has 3 heteroatoms. The van der Waals surface area contributed by atoms with Crippen LogP contribution in [0.4, 0.5) is 0 Å². The number of fused-ring (bicyclic) bond motifs is 1. The van der Waals surface area contributed by atoms with Crippen LogP contribution in [0.1, 0.15) is 31.7 Å². The fraction of sp³-hybridized carbons (Fsp3) is 0.467. The maximum atomic E-state index is 5.62. The van der Waals surface area contributed by atoms with E-state index in [1.165, 1.54) is 29.3 Å². The van der Waals surface area contributed by atoms with Crippen LogP contribution in [-0.2, 0) is 13.0 Å². The van der Waals surface area contributed by atoms with Gasteiger partial charge >= 0.3 is 0 Å². The van der Waals surface area contributed by atoms with Crippen molar-refractivity contribution in [1.29, 1.82) is 0 Å². The summed E-state index contributed by atoms with van der Waals surface area (Å²) in [5, 5.41) is 1.38. The largest absolute Gasteiger partial charge is 0.347 e. The van der Waals surface area contributed by atoms with Crippen LogP contribution >= 0.6 is 15.9 Å². The van der Waals surface area contributed by atoms with Crippen LogP contribution < -0.4 is 5.73 Å². The lowest BCUT2D eigenvalue weighted by molar-refractivity contribution is 0.647. The molecule has 0 aliphatic rings. The first-order valence-electron chi connectivity index (χ1n) is 6.73. The Labute approximate surface area is 117 Å². The molecule has 18 heavy (non-hydrogen) atoms. The molecule has 0 aliphatic carbocycles. The predicted molar refractivity (Wildman–Crippen MR) is 81.9 cm³/mol. The van der Waals surface area contributed by atoms with Crippen molar-refractivity contribution in [3.05, 3.63) is 34.4 Å². The van der Waals surface area contributed by atoms with Gasteiger partial charge in [-0.3, -0.25) is 0 Å². The van der Waals surface area contributed by atoms with Gasteiger partial charge in [0.15, 0.2) is 0 Å². The number of benzene rings is 1. The number of hydrogen-bond acceptors (Lipinski definition) is 1. The van der Waals surface area contributed by atoms with Crippen LogP contribution in [0.5, 0.6) is 0 Å². The summed E-state index contributed by atoms with van der Waals surface area (Å²) in [6.07, 6.45) is 6.90. The van der Waals surface area contributed by atoms with Crippen LogP contribution in [0.2, 0.25) is 0 Å². The lowest BCUT2D eigenvalue weighted by Crippen LogP contribution is -2.00. The molecule has 2 rings (SSSR count). The highest BCUT2D eigenvalue weighted by Gasteiger charge is 2.08. The molecule has 1 heterocycles. The Morgan fingerprint density at radius 3 is 2.83 bits per heavy atom. The Morgan fingerprint density at radius 1 is 1.28 bits per heavy atom. The van der Waals surface area contributed by atoms with Gasteiger partial charge in [0.05, 0.1) is 0 Å². The van der Waals surface area contributed by atoms with E-state index in [4.69, 9.17) is 5.73 Å². The van der Waals surface area contributed by atoms with E-state index in [0.29, 0.717) is 0 Å². The second-order valence-corrected chi connectivity index (χ2v) is 5.67. The SMILES string of the molecule is CCCCn1cc(CCCN)c2ccc(Br)cc21. The van der Waals surface area contributed by atoms with Crippen LogP contribution in [0.15, 0.2) is 28.9 Å². The first kappa shape index (κ1) is 13.6. The third-order valence-electron chi connectivity index (χ3n) is 3.33. The minimum absolute atomic E-state index is 0.762. The molecule has 0 aliphatic heterocycles. The predicted octanol–water partition coefficient (Wildman–Crippen LogP) is 4.10. The third-order valence-corrected chi connectivity index (χ3v) is 3.82. The average molecular weight is 309 g/mol. The van der Waals surface area contributed by atoms with Crippen LogP contribution in [0, 0.1) is 0 Å². The second kappa shape index (κ2) is 6.39.